The average molecular weight is 256 g/mol. The number of hydrogen-bond donors (Lipinski definition) is 0. The first-order chi connectivity index (χ1) is 1.91. The van der Waals surface area contributed by atoms with Crippen molar-refractivity contribution < 1.29 is 2.81 Å². The van der Waals surface area contributed by atoms with Gasteiger partial charge in [0.05, 0.1) is 0 Å². The molecule has 0 atom stereocenters. The SMILES string of the molecule is CC[O][BiH2]. The molecule has 0 fully saturated rings. The summed E-state index contributed by atoms with van der Waals surface area (Å²) in [6.07, 6.45) is 0. The summed E-state index contributed by atoms with van der Waals surface area (Å²) in [5, 5.41) is 0. The van der Waals surface area contributed by atoms with Gasteiger partial charge in [0, 0.05) is 0 Å². The predicted molar refractivity (Wildman–Crippen MR) is 20.2 cm³/mol. The van der Waals surface area contributed by atoms with Crippen molar-refractivity contribution >= 4 is 25.2 Å². The molecule has 0 bridgehead atoms. The van der Waals surface area contributed by atoms with E-state index >= 15 is 0 Å². The van der Waals surface area contributed by atoms with Gasteiger partial charge in [0.2, 0.25) is 0 Å². The standard InChI is InChI=1S/C2H5O.Bi.2H/c1-2-3;;;/h2H2,1H3;;;/q-1;+1;;. The van der Waals surface area contributed by atoms with Crippen molar-refractivity contribution in [2.75, 3.05) is 6.61 Å². The van der Waals surface area contributed by atoms with E-state index in [9.17, 15) is 0 Å². The van der Waals surface area contributed by atoms with Crippen LogP contribution >= 0.6 is 0 Å². The fourth-order valence-electron chi connectivity index (χ4n) is 0. The minimum atomic E-state index is 0.731. The van der Waals surface area contributed by atoms with Gasteiger partial charge >= 0.3 is 41.5 Å². The van der Waals surface area contributed by atoms with Crippen LogP contribution in [0.5, 0.6) is 0 Å². The molecule has 0 spiro atoms. The molecule has 0 aromatic heterocycles. The van der Waals surface area contributed by atoms with Crippen LogP contribution in [0.25, 0.3) is 0 Å². The van der Waals surface area contributed by atoms with E-state index in [-0.39, 0.29) is 0 Å². The van der Waals surface area contributed by atoms with E-state index < -0.39 is 0 Å². The molecule has 2 heteroatoms. The van der Waals surface area contributed by atoms with Crippen LogP contribution in [-0.4, -0.2) is 31.8 Å². The molecule has 0 aliphatic rings. The molecule has 0 aromatic carbocycles. The van der Waals surface area contributed by atoms with E-state index in [0.717, 1.165) is 31.8 Å². The van der Waals surface area contributed by atoms with Crippen LogP contribution in [0.2, 0.25) is 0 Å². The van der Waals surface area contributed by atoms with Crippen molar-refractivity contribution in [3.8, 4) is 0 Å². The van der Waals surface area contributed by atoms with E-state index in [0.29, 0.717) is 0 Å². The Bertz CT molecular complexity index is 8.00. The van der Waals surface area contributed by atoms with E-state index in [1.54, 1.807) is 0 Å². The van der Waals surface area contributed by atoms with Crippen molar-refractivity contribution in [3.63, 3.8) is 0 Å². The summed E-state index contributed by atoms with van der Waals surface area (Å²) in [6, 6.07) is 0. The van der Waals surface area contributed by atoms with Gasteiger partial charge in [-0.3, -0.25) is 0 Å². The Balaban J connectivity index is 1.97. The van der Waals surface area contributed by atoms with Gasteiger partial charge < -0.3 is 0 Å². The first kappa shape index (κ1) is 4.84. The quantitative estimate of drug-likeness (QED) is 0.578. The Labute approximate surface area is 41.8 Å². The van der Waals surface area contributed by atoms with Crippen molar-refractivity contribution in [2.45, 2.75) is 6.92 Å². The van der Waals surface area contributed by atoms with Gasteiger partial charge in [0.15, 0.2) is 0 Å². The maximum atomic E-state index is 4.71. The van der Waals surface area contributed by atoms with Crippen LogP contribution in [0.1, 0.15) is 6.92 Å². The Kier molecular flexibility index (Phi) is 4.65. The van der Waals surface area contributed by atoms with E-state index in [1.807, 2.05) is 6.92 Å². The van der Waals surface area contributed by atoms with Gasteiger partial charge in [-0.25, -0.2) is 0 Å². The zero-order valence-corrected chi connectivity index (χ0v) is 7.18. The molecular formula is C2H7BiO. The Morgan fingerprint density at radius 3 is 2.25 bits per heavy atom. The van der Waals surface area contributed by atoms with Crippen LogP contribution in [0.3, 0.4) is 0 Å². The topological polar surface area (TPSA) is 9.23 Å². The molecule has 0 aliphatic carbocycles. The monoisotopic (exact) mass is 256 g/mol. The molecule has 0 rings (SSSR count). The van der Waals surface area contributed by atoms with Crippen LogP contribution in [0.15, 0.2) is 0 Å². The fourth-order valence-corrected chi connectivity index (χ4v) is 0. The van der Waals surface area contributed by atoms with Crippen molar-refractivity contribution in [2.24, 2.45) is 0 Å². The van der Waals surface area contributed by atoms with Crippen LogP contribution < -0.4 is 0 Å². The summed E-state index contributed by atoms with van der Waals surface area (Å²) in [4.78, 5) is 0. The second kappa shape index (κ2) is 3.84. The van der Waals surface area contributed by atoms with Crippen LogP contribution in [-0.2, 0) is 2.81 Å². The molecule has 4 heavy (non-hydrogen) atoms. The van der Waals surface area contributed by atoms with E-state index in [4.69, 9.17) is 2.81 Å². The molecule has 0 aliphatic heterocycles. The van der Waals surface area contributed by atoms with Gasteiger partial charge in [-0.05, 0) is 0 Å². The molecule has 0 amide bonds. The third-order valence-corrected chi connectivity index (χ3v) is 1.46. The average Bonchev–Trinajstić information content (AvgIpc) is 1.37. The second-order valence-electron chi connectivity index (χ2n) is 0.455. The molecule has 0 radical (unpaired) electrons. The first-order valence-corrected chi connectivity index (χ1v) is 3.06. The van der Waals surface area contributed by atoms with Gasteiger partial charge in [-0.1, -0.05) is 0 Å². The Hall–Kier alpha value is 0.843. The molecule has 0 unspecified atom stereocenters. The van der Waals surface area contributed by atoms with Crippen molar-refractivity contribution in [1.82, 2.24) is 0 Å². The Morgan fingerprint density at radius 2 is 2.25 bits per heavy atom. The number of rotatable bonds is 1. The first-order valence-electron chi connectivity index (χ1n) is 1.23. The molecule has 1 nitrogen and oxygen atoms in total. The molecular weight excluding hydrogens is 249 g/mol. The van der Waals surface area contributed by atoms with Crippen LogP contribution in [0, 0.1) is 0 Å². The molecule has 0 saturated carbocycles. The van der Waals surface area contributed by atoms with Gasteiger partial charge in [-0.15, -0.1) is 0 Å². The maximum absolute atomic E-state index is 4.71. The van der Waals surface area contributed by atoms with Crippen molar-refractivity contribution in [3.05, 3.63) is 0 Å². The zero-order chi connectivity index (χ0) is 3.41. The molecule has 0 saturated heterocycles. The zero-order valence-electron chi connectivity index (χ0n) is 2.69. The van der Waals surface area contributed by atoms with E-state index in [2.05, 4.69) is 0 Å². The summed E-state index contributed by atoms with van der Waals surface area (Å²) >= 11 is 0.731. The van der Waals surface area contributed by atoms with Gasteiger partial charge in [-0.2, -0.15) is 0 Å². The second-order valence-corrected chi connectivity index (χ2v) is 1.75. The molecule has 0 aromatic rings. The molecule has 0 N–H and O–H groups in total. The summed E-state index contributed by atoms with van der Waals surface area (Å²) in [7, 11) is 0. The summed E-state index contributed by atoms with van der Waals surface area (Å²) in [6.45, 7) is 2.89. The van der Waals surface area contributed by atoms with Crippen molar-refractivity contribution in [1.29, 1.82) is 0 Å². The molecule has 0 heterocycles. The summed E-state index contributed by atoms with van der Waals surface area (Å²) in [5.41, 5.74) is 0. The van der Waals surface area contributed by atoms with E-state index in [1.165, 1.54) is 0 Å². The summed E-state index contributed by atoms with van der Waals surface area (Å²) < 4.78 is 4.71. The molecule has 26 valence electrons. The fraction of sp³-hybridized carbons (Fsp3) is 1.00. The number of hydrogen-bond acceptors (Lipinski definition) is 1. The normalized spacial score (nSPS) is 7.50. The van der Waals surface area contributed by atoms with Gasteiger partial charge in [0.25, 0.3) is 0 Å². The summed E-state index contributed by atoms with van der Waals surface area (Å²) in [5.74, 6) is 0. The predicted octanol–water partition coefficient (Wildman–Crippen LogP) is -0.429. The third kappa shape index (κ3) is 2.84. The third-order valence-electron chi connectivity index (χ3n) is 0.167. The van der Waals surface area contributed by atoms with Crippen LogP contribution in [0.4, 0.5) is 0 Å². The minimum absolute atomic E-state index is 0.731. The van der Waals surface area contributed by atoms with Gasteiger partial charge in [0.1, 0.15) is 0 Å². The Morgan fingerprint density at radius 1 is 2.00 bits per heavy atom.